The lowest BCUT2D eigenvalue weighted by Crippen LogP contribution is -2.35. The minimum atomic E-state index is -0.514. The summed E-state index contributed by atoms with van der Waals surface area (Å²) >= 11 is 3.37. The van der Waals surface area contributed by atoms with Crippen molar-refractivity contribution in [2.75, 3.05) is 11.9 Å². The van der Waals surface area contributed by atoms with Crippen LogP contribution >= 0.6 is 15.9 Å². The minimum Gasteiger partial charge on any atom is -0.351 e. The Hall–Kier alpha value is -1.43. The van der Waals surface area contributed by atoms with Gasteiger partial charge in [0, 0.05) is 17.4 Å². The molecule has 0 bridgehead atoms. The monoisotopic (exact) mass is 328 g/mol. The molecule has 0 aliphatic heterocycles. The Morgan fingerprint density at radius 2 is 2.11 bits per heavy atom. The van der Waals surface area contributed by atoms with Crippen molar-refractivity contribution in [2.24, 2.45) is 5.41 Å². The molecule has 1 N–H and O–H groups in total. The summed E-state index contributed by atoms with van der Waals surface area (Å²) in [6.45, 7) is 6.05. The van der Waals surface area contributed by atoms with Crippen LogP contribution in [-0.4, -0.2) is 22.7 Å². The quantitative estimate of drug-likeness (QED) is 0.513. The van der Waals surface area contributed by atoms with Crippen LogP contribution < -0.4 is 5.32 Å². The van der Waals surface area contributed by atoms with Crippen molar-refractivity contribution in [2.45, 2.75) is 20.8 Å². The van der Waals surface area contributed by atoms with Gasteiger partial charge in [0.1, 0.15) is 5.56 Å². The number of para-hydroxylation sites is 1. The van der Waals surface area contributed by atoms with Crippen molar-refractivity contribution < 1.29 is 9.72 Å². The fourth-order valence-electron chi connectivity index (χ4n) is 1.55. The molecule has 0 aliphatic rings. The maximum absolute atomic E-state index is 12.1. The van der Waals surface area contributed by atoms with E-state index in [0.717, 1.165) is 5.33 Å². The number of nitro benzene ring substituents is 1. The zero-order valence-electron chi connectivity index (χ0n) is 11.2. The van der Waals surface area contributed by atoms with Crippen molar-refractivity contribution in [1.29, 1.82) is 0 Å². The Labute approximate surface area is 120 Å². The first kappa shape index (κ1) is 15.6. The second-order valence-electron chi connectivity index (χ2n) is 5.21. The maximum Gasteiger partial charge on any atom is 0.285 e. The fourth-order valence-corrected chi connectivity index (χ4v) is 1.74. The molecule has 1 amide bonds. The Balaban J connectivity index is 2.95. The zero-order chi connectivity index (χ0) is 14.6. The smallest absolute Gasteiger partial charge is 0.285 e. The number of alkyl halides is 1. The minimum absolute atomic E-state index is 0.103. The van der Waals surface area contributed by atoms with Crippen LogP contribution in [0.4, 0.5) is 5.69 Å². The number of benzene rings is 1. The molecule has 6 heteroatoms. The molecule has 19 heavy (non-hydrogen) atoms. The summed E-state index contributed by atoms with van der Waals surface area (Å²) in [6, 6.07) is 4.74. The van der Waals surface area contributed by atoms with Crippen LogP contribution in [0.2, 0.25) is 0 Å². The summed E-state index contributed by atoms with van der Waals surface area (Å²) in [5.41, 5.74) is 0.360. The topological polar surface area (TPSA) is 72.2 Å². The Morgan fingerprint density at radius 1 is 1.47 bits per heavy atom. The molecule has 0 heterocycles. The molecule has 0 radical (unpaired) electrons. The van der Waals surface area contributed by atoms with Gasteiger partial charge in [0.15, 0.2) is 0 Å². The number of hydrogen-bond acceptors (Lipinski definition) is 3. The molecule has 1 aromatic carbocycles. The van der Waals surface area contributed by atoms with E-state index < -0.39 is 10.8 Å². The lowest BCUT2D eigenvalue weighted by Gasteiger charge is -2.21. The highest BCUT2D eigenvalue weighted by Crippen LogP contribution is 2.23. The highest BCUT2D eigenvalue weighted by Gasteiger charge is 2.24. The number of amides is 1. The first-order chi connectivity index (χ1) is 8.78. The van der Waals surface area contributed by atoms with Crippen molar-refractivity contribution in [1.82, 2.24) is 5.32 Å². The third-order valence-corrected chi connectivity index (χ3v) is 4.27. The van der Waals surface area contributed by atoms with Gasteiger partial charge in [-0.25, -0.2) is 0 Å². The molecule has 0 saturated carbocycles. The number of carbonyl (C=O) groups is 1. The molecule has 1 rings (SSSR count). The van der Waals surface area contributed by atoms with E-state index in [4.69, 9.17) is 0 Å². The summed E-state index contributed by atoms with van der Waals surface area (Å²) < 4.78 is 0. The molecule has 0 unspecified atom stereocenters. The number of nitrogens with one attached hydrogen (secondary N) is 1. The van der Waals surface area contributed by atoms with Crippen LogP contribution in [0.5, 0.6) is 0 Å². The molecule has 0 fully saturated rings. The van der Waals surface area contributed by atoms with Crippen LogP contribution in [0, 0.1) is 22.5 Å². The number of rotatable bonds is 5. The highest BCUT2D eigenvalue weighted by molar-refractivity contribution is 9.09. The fraction of sp³-hybridized carbons (Fsp3) is 0.462. The number of halogens is 1. The standard InChI is InChI=1S/C13H17BrN2O3/c1-9-5-4-6-10(11(9)16(18)19)12(17)15-8-13(2,3)7-14/h4-6H,7-8H2,1-3H3,(H,15,17). The molecular weight excluding hydrogens is 312 g/mol. The average Bonchev–Trinajstić information content (AvgIpc) is 2.35. The maximum atomic E-state index is 12.1. The zero-order valence-corrected chi connectivity index (χ0v) is 12.8. The van der Waals surface area contributed by atoms with E-state index >= 15 is 0 Å². The van der Waals surface area contributed by atoms with E-state index in [1.807, 2.05) is 13.8 Å². The van der Waals surface area contributed by atoms with Gasteiger partial charge in [-0.1, -0.05) is 41.9 Å². The van der Waals surface area contributed by atoms with Gasteiger partial charge in [-0.2, -0.15) is 0 Å². The number of carbonyl (C=O) groups excluding carboxylic acids is 1. The predicted octanol–water partition coefficient (Wildman–Crippen LogP) is 3.05. The Kier molecular flexibility index (Phi) is 5.05. The van der Waals surface area contributed by atoms with Gasteiger partial charge < -0.3 is 5.32 Å². The van der Waals surface area contributed by atoms with Crippen molar-refractivity contribution in [3.8, 4) is 0 Å². The van der Waals surface area contributed by atoms with E-state index in [0.29, 0.717) is 12.1 Å². The normalized spacial score (nSPS) is 11.2. The summed E-state index contributed by atoms with van der Waals surface area (Å²) in [7, 11) is 0. The Bertz CT molecular complexity index is 501. The Morgan fingerprint density at radius 3 is 2.63 bits per heavy atom. The number of hydrogen-bond donors (Lipinski definition) is 1. The van der Waals surface area contributed by atoms with Gasteiger partial charge in [-0.3, -0.25) is 14.9 Å². The number of aryl methyl sites for hydroxylation is 1. The van der Waals surface area contributed by atoms with Gasteiger partial charge in [-0.05, 0) is 18.4 Å². The molecule has 5 nitrogen and oxygen atoms in total. The molecule has 0 spiro atoms. The SMILES string of the molecule is Cc1cccc(C(=O)NCC(C)(C)CBr)c1[N+](=O)[O-]. The van der Waals surface area contributed by atoms with Gasteiger partial charge in [-0.15, -0.1) is 0 Å². The van der Waals surface area contributed by atoms with Crippen LogP contribution in [0.1, 0.15) is 29.8 Å². The third-order valence-electron chi connectivity index (χ3n) is 2.75. The van der Waals surface area contributed by atoms with Gasteiger partial charge in [0.05, 0.1) is 4.92 Å². The van der Waals surface area contributed by atoms with Crippen molar-refractivity contribution in [3.63, 3.8) is 0 Å². The van der Waals surface area contributed by atoms with Crippen LogP contribution in [0.15, 0.2) is 18.2 Å². The second-order valence-corrected chi connectivity index (χ2v) is 5.77. The predicted molar refractivity (Wildman–Crippen MR) is 77.7 cm³/mol. The molecule has 0 atom stereocenters. The largest absolute Gasteiger partial charge is 0.351 e. The van der Waals surface area contributed by atoms with Crippen LogP contribution in [0.25, 0.3) is 0 Å². The average molecular weight is 329 g/mol. The summed E-state index contributed by atoms with van der Waals surface area (Å²) in [4.78, 5) is 22.6. The highest BCUT2D eigenvalue weighted by atomic mass is 79.9. The first-order valence-electron chi connectivity index (χ1n) is 5.86. The second kappa shape index (κ2) is 6.14. The van der Waals surface area contributed by atoms with E-state index in [1.54, 1.807) is 19.1 Å². The van der Waals surface area contributed by atoms with E-state index in [-0.39, 0.29) is 16.7 Å². The summed E-state index contributed by atoms with van der Waals surface area (Å²) in [5, 5.41) is 14.5. The molecule has 0 aromatic heterocycles. The van der Waals surface area contributed by atoms with Crippen LogP contribution in [-0.2, 0) is 0 Å². The third kappa shape index (κ3) is 4.02. The molecular formula is C13H17BrN2O3. The van der Waals surface area contributed by atoms with Gasteiger partial charge in [0.25, 0.3) is 11.6 Å². The summed E-state index contributed by atoms with van der Waals surface area (Å²) in [5.74, 6) is -0.413. The lowest BCUT2D eigenvalue weighted by atomic mass is 9.96. The van der Waals surface area contributed by atoms with E-state index in [2.05, 4.69) is 21.2 Å². The lowest BCUT2D eigenvalue weighted by molar-refractivity contribution is -0.385. The number of nitrogens with zero attached hydrogens (tertiary/aromatic N) is 1. The first-order valence-corrected chi connectivity index (χ1v) is 6.99. The van der Waals surface area contributed by atoms with Crippen molar-refractivity contribution in [3.05, 3.63) is 39.4 Å². The molecule has 0 aliphatic carbocycles. The van der Waals surface area contributed by atoms with E-state index in [1.165, 1.54) is 6.07 Å². The summed E-state index contributed by atoms with van der Waals surface area (Å²) in [6.07, 6.45) is 0. The molecule has 0 saturated heterocycles. The van der Waals surface area contributed by atoms with Gasteiger partial charge >= 0.3 is 0 Å². The number of nitro groups is 1. The van der Waals surface area contributed by atoms with Crippen molar-refractivity contribution >= 4 is 27.5 Å². The molecule has 104 valence electrons. The van der Waals surface area contributed by atoms with Gasteiger partial charge in [0.2, 0.25) is 0 Å². The van der Waals surface area contributed by atoms with E-state index in [9.17, 15) is 14.9 Å². The molecule has 1 aromatic rings. The van der Waals surface area contributed by atoms with Crippen LogP contribution in [0.3, 0.4) is 0 Å².